The van der Waals surface area contributed by atoms with Gasteiger partial charge in [0, 0.05) is 5.92 Å². The van der Waals surface area contributed by atoms with E-state index >= 15 is 0 Å². The first-order valence-corrected chi connectivity index (χ1v) is 5.65. The van der Waals surface area contributed by atoms with Crippen LogP contribution in [0, 0.1) is 11.8 Å². The molecular formula is C13H16O4. The zero-order valence-electron chi connectivity index (χ0n) is 9.97. The summed E-state index contributed by atoms with van der Waals surface area (Å²) in [5.41, 5.74) is 0.942. The Morgan fingerprint density at radius 1 is 1.59 bits per heavy atom. The van der Waals surface area contributed by atoms with Crippen LogP contribution in [-0.2, 0) is 16.0 Å². The summed E-state index contributed by atoms with van der Waals surface area (Å²) < 4.78 is 10.3. The Morgan fingerprint density at radius 3 is 3.06 bits per heavy atom. The lowest BCUT2D eigenvalue weighted by Crippen LogP contribution is -2.31. The van der Waals surface area contributed by atoms with Crippen molar-refractivity contribution in [2.75, 3.05) is 13.7 Å². The second-order valence-electron chi connectivity index (χ2n) is 4.35. The van der Waals surface area contributed by atoms with Gasteiger partial charge in [-0.25, -0.2) is 0 Å². The molecule has 2 unspecified atom stereocenters. The van der Waals surface area contributed by atoms with E-state index in [0.29, 0.717) is 12.4 Å². The molecule has 2 rings (SSSR count). The predicted octanol–water partition coefficient (Wildman–Crippen LogP) is 1.75. The minimum Gasteiger partial charge on any atom is -0.504 e. The second-order valence-corrected chi connectivity index (χ2v) is 4.35. The molecule has 1 aromatic rings. The van der Waals surface area contributed by atoms with Gasteiger partial charge >= 0.3 is 5.97 Å². The number of phenolic OH excluding ortho intramolecular Hbond substituents is 1. The maximum absolute atomic E-state index is 11.5. The summed E-state index contributed by atoms with van der Waals surface area (Å²) in [5, 5.41) is 9.62. The Hall–Kier alpha value is -1.71. The molecule has 0 bridgehead atoms. The summed E-state index contributed by atoms with van der Waals surface area (Å²) in [7, 11) is 1.39. The molecule has 1 aliphatic heterocycles. The maximum atomic E-state index is 11.5. The van der Waals surface area contributed by atoms with E-state index in [1.54, 1.807) is 12.1 Å². The molecule has 17 heavy (non-hydrogen) atoms. The molecule has 1 aromatic carbocycles. The molecule has 0 radical (unpaired) electrons. The van der Waals surface area contributed by atoms with Crippen molar-refractivity contribution in [3.8, 4) is 11.5 Å². The van der Waals surface area contributed by atoms with Crippen molar-refractivity contribution in [1.29, 1.82) is 0 Å². The first kappa shape index (κ1) is 11.8. The SMILES string of the molecule is COC(=O)C(C)C1COc2c(O)cccc2C1. The van der Waals surface area contributed by atoms with Crippen molar-refractivity contribution in [3.05, 3.63) is 23.8 Å². The minimum absolute atomic E-state index is 0.0942. The number of benzene rings is 1. The summed E-state index contributed by atoms with van der Waals surface area (Å²) in [6.45, 7) is 2.27. The van der Waals surface area contributed by atoms with E-state index in [-0.39, 0.29) is 23.6 Å². The lowest BCUT2D eigenvalue weighted by Gasteiger charge is -2.28. The summed E-state index contributed by atoms with van der Waals surface area (Å²) >= 11 is 0. The summed E-state index contributed by atoms with van der Waals surface area (Å²) in [4.78, 5) is 11.5. The van der Waals surface area contributed by atoms with E-state index in [9.17, 15) is 9.90 Å². The Labute approximate surface area is 100 Å². The molecule has 0 amide bonds. The number of hydrogen-bond donors (Lipinski definition) is 1. The Morgan fingerprint density at radius 2 is 2.35 bits per heavy atom. The quantitative estimate of drug-likeness (QED) is 0.795. The smallest absolute Gasteiger partial charge is 0.308 e. The van der Waals surface area contributed by atoms with Gasteiger partial charge in [-0.15, -0.1) is 0 Å². The van der Waals surface area contributed by atoms with Crippen LogP contribution in [0.2, 0.25) is 0 Å². The largest absolute Gasteiger partial charge is 0.504 e. The van der Waals surface area contributed by atoms with Gasteiger partial charge < -0.3 is 14.6 Å². The molecule has 4 heteroatoms. The number of para-hydroxylation sites is 1. The third-order valence-electron chi connectivity index (χ3n) is 3.28. The van der Waals surface area contributed by atoms with E-state index in [2.05, 4.69) is 0 Å². The van der Waals surface area contributed by atoms with E-state index in [0.717, 1.165) is 12.0 Å². The van der Waals surface area contributed by atoms with Gasteiger partial charge in [-0.05, 0) is 18.1 Å². The number of ether oxygens (including phenoxy) is 2. The molecule has 0 saturated heterocycles. The average molecular weight is 236 g/mol. The van der Waals surface area contributed by atoms with Crippen molar-refractivity contribution in [1.82, 2.24) is 0 Å². The van der Waals surface area contributed by atoms with Gasteiger partial charge in [0.05, 0.1) is 19.6 Å². The highest BCUT2D eigenvalue weighted by Crippen LogP contribution is 2.37. The number of esters is 1. The lowest BCUT2D eigenvalue weighted by atomic mass is 9.86. The van der Waals surface area contributed by atoms with Crippen LogP contribution < -0.4 is 4.74 Å². The molecule has 1 heterocycles. The van der Waals surface area contributed by atoms with Crippen LogP contribution in [0.1, 0.15) is 12.5 Å². The van der Waals surface area contributed by atoms with E-state index in [1.165, 1.54) is 7.11 Å². The fraction of sp³-hybridized carbons (Fsp3) is 0.462. The molecule has 0 saturated carbocycles. The average Bonchev–Trinajstić information content (AvgIpc) is 2.37. The molecule has 0 spiro atoms. The van der Waals surface area contributed by atoms with Crippen LogP contribution >= 0.6 is 0 Å². The normalized spacial score (nSPS) is 20.0. The highest BCUT2D eigenvalue weighted by Gasteiger charge is 2.30. The minimum atomic E-state index is -0.220. The molecule has 92 valence electrons. The van der Waals surface area contributed by atoms with Crippen LogP contribution in [0.25, 0.3) is 0 Å². The summed E-state index contributed by atoms with van der Waals surface area (Å²) in [6.07, 6.45) is 0.722. The molecule has 0 aromatic heterocycles. The first-order chi connectivity index (χ1) is 8.13. The van der Waals surface area contributed by atoms with Crippen molar-refractivity contribution < 1.29 is 19.4 Å². The van der Waals surface area contributed by atoms with Crippen molar-refractivity contribution in [2.45, 2.75) is 13.3 Å². The number of rotatable bonds is 2. The number of hydrogen-bond acceptors (Lipinski definition) is 4. The first-order valence-electron chi connectivity index (χ1n) is 5.65. The summed E-state index contributed by atoms with van der Waals surface area (Å²) in [6, 6.07) is 5.29. The Kier molecular flexibility index (Phi) is 3.22. The van der Waals surface area contributed by atoms with Crippen LogP contribution in [0.4, 0.5) is 0 Å². The molecule has 0 fully saturated rings. The topological polar surface area (TPSA) is 55.8 Å². The third-order valence-corrected chi connectivity index (χ3v) is 3.28. The van der Waals surface area contributed by atoms with Crippen LogP contribution in [0.3, 0.4) is 0 Å². The third kappa shape index (κ3) is 2.20. The van der Waals surface area contributed by atoms with Gasteiger partial charge in [-0.2, -0.15) is 0 Å². The number of methoxy groups -OCH3 is 1. The van der Waals surface area contributed by atoms with Gasteiger partial charge in [-0.3, -0.25) is 4.79 Å². The van der Waals surface area contributed by atoms with Crippen molar-refractivity contribution >= 4 is 5.97 Å². The van der Waals surface area contributed by atoms with Gasteiger partial charge in [0.15, 0.2) is 11.5 Å². The van der Waals surface area contributed by atoms with Gasteiger partial charge in [0.2, 0.25) is 0 Å². The Balaban J connectivity index is 2.16. The zero-order chi connectivity index (χ0) is 12.4. The molecule has 2 atom stereocenters. The standard InChI is InChI=1S/C13H16O4/c1-8(13(15)16-2)10-6-9-4-3-5-11(14)12(9)17-7-10/h3-5,8,10,14H,6-7H2,1-2H3. The molecule has 1 N–H and O–H groups in total. The van der Waals surface area contributed by atoms with Gasteiger partial charge in [-0.1, -0.05) is 19.1 Å². The number of carbonyl (C=O) groups is 1. The van der Waals surface area contributed by atoms with E-state index < -0.39 is 0 Å². The zero-order valence-corrected chi connectivity index (χ0v) is 9.97. The van der Waals surface area contributed by atoms with Gasteiger partial charge in [0.25, 0.3) is 0 Å². The Bertz CT molecular complexity index is 427. The maximum Gasteiger partial charge on any atom is 0.308 e. The van der Waals surface area contributed by atoms with Crippen LogP contribution in [0.15, 0.2) is 18.2 Å². The fourth-order valence-corrected chi connectivity index (χ4v) is 2.13. The molecule has 0 aliphatic carbocycles. The highest BCUT2D eigenvalue weighted by atomic mass is 16.5. The predicted molar refractivity (Wildman–Crippen MR) is 62.0 cm³/mol. The second kappa shape index (κ2) is 4.65. The van der Waals surface area contributed by atoms with E-state index in [4.69, 9.17) is 9.47 Å². The van der Waals surface area contributed by atoms with E-state index in [1.807, 2.05) is 13.0 Å². The molecule has 4 nitrogen and oxygen atoms in total. The van der Waals surface area contributed by atoms with Gasteiger partial charge in [0.1, 0.15) is 0 Å². The number of carbonyl (C=O) groups excluding carboxylic acids is 1. The molecule has 1 aliphatic rings. The number of aromatic hydroxyl groups is 1. The van der Waals surface area contributed by atoms with Crippen LogP contribution in [0.5, 0.6) is 11.5 Å². The molecular weight excluding hydrogens is 220 g/mol. The highest BCUT2D eigenvalue weighted by molar-refractivity contribution is 5.72. The number of fused-ring (bicyclic) bond motifs is 1. The number of phenols is 1. The monoisotopic (exact) mass is 236 g/mol. The fourth-order valence-electron chi connectivity index (χ4n) is 2.13. The lowest BCUT2D eigenvalue weighted by molar-refractivity contribution is -0.147. The van der Waals surface area contributed by atoms with Crippen molar-refractivity contribution in [3.63, 3.8) is 0 Å². The van der Waals surface area contributed by atoms with Crippen molar-refractivity contribution in [2.24, 2.45) is 11.8 Å². The van der Waals surface area contributed by atoms with Crippen LogP contribution in [-0.4, -0.2) is 24.8 Å². The summed E-state index contributed by atoms with van der Waals surface area (Å²) in [5.74, 6) is 0.377.